The molecule has 1 aromatic carbocycles. The highest BCUT2D eigenvalue weighted by atomic mass is 32.1. The molecule has 0 unspecified atom stereocenters. The Hall–Kier alpha value is -2.59. The number of aromatic nitrogens is 1. The van der Waals surface area contributed by atoms with Gasteiger partial charge in [0.1, 0.15) is 16.6 Å². The first-order valence-electron chi connectivity index (χ1n) is 6.85. The number of nitrogens with zero attached hydrogens (tertiary/aromatic N) is 2. The maximum atomic E-state index is 11.5. The van der Waals surface area contributed by atoms with Gasteiger partial charge in [-0.25, -0.2) is 0 Å². The van der Waals surface area contributed by atoms with Crippen LogP contribution in [0.15, 0.2) is 24.3 Å². The van der Waals surface area contributed by atoms with Crippen LogP contribution in [0.3, 0.4) is 0 Å². The standard InChI is InChI=1S/C15H15N5OS/c1-9-6-13(22-20-9)18-12-7-11(3-2-10(12)8-16)19-15(4-5-15)14(17)21/h2-3,6-7,18-19H,4-5H2,1H3,(H2,17,21). The summed E-state index contributed by atoms with van der Waals surface area (Å²) < 4.78 is 4.20. The monoisotopic (exact) mass is 313 g/mol. The van der Waals surface area contributed by atoms with E-state index in [0.29, 0.717) is 11.3 Å². The lowest BCUT2D eigenvalue weighted by Crippen LogP contribution is -2.37. The molecule has 1 aliphatic carbocycles. The lowest BCUT2D eigenvalue weighted by molar-refractivity contribution is -0.119. The summed E-state index contributed by atoms with van der Waals surface area (Å²) in [5.41, 5.74) is 7.68. The Bertz CT molecular complexity index is 772. The first kappa shape index (κ1) is 14.4. The molecule has 7 heteroatoms. The van der Waals surface area contributed by atoms with E-state index in [-0.39, 0.29) is 5.91 Å². The number of benzene rings is 1. The van der Waals surface area contributed by atoms with Gasteiger partial charge in [-0.05, 0) is 55.6 Å². The lowest BCUT2D eigenvalue weighted by atomic mass is 10.1. The van der Waals surface area contributed by atoms with Crippen molar-refractivity contribution >= 4 is 33.8 Å². The van der Waals surface area contributed by atoms with E-state index < -0.39 is 5.54 Å². The first-order chi connectivity index (χ1) is 10.5. The number of nitrogens with one attached hydrogen (secondary N) is 2. The van der Waals surface area contributed by atoms with E-state index in [2.05, 4.69) is 21.1 Å². The summed E-state index contributed by atoms with van der Waals surface area (Å²) in [6.45, 7) is 1.91. The lowest BCUT2D eigenvalue weighted by Gasteiger charge is -2.16. The number of primary amides is 1. The predicted molar refractivity (Wildman–Crippen MR) is 86.1 cm³/mol. The smallest absolute Gasteiger partial charge is 0.243 e. The molecule has 1 heterocycles. The van der Waals surface area contributed by atoms with Gasteiger partial charge in [0.05, 0.1) is 16.9 Å². The van der Waals surface area contributed by atoms with Crippen LogP contribution < -0.4 is 16.4 Å². The number of nitrogens with two attached hydrogens (primary N) is 1. The molecule has 6 nitrogen and oxygen atoms in total. The van der Waals surface area contributed by atoms with Crippen LogP contribution >= 0.6 is 11.5 Å². The molecule has 0 atom stereocenters. The van der Waals surface area contributed by atoms with Crippen LogP contribution in [-0.4, -0.2) is 15.8 Å². The maximum Gasteiger partial charge on any atom is 0.243 e. The van der Waals surface area contributed by atoms with Crippen LogP contribution in [0.1, 0.15) is 24.1 Å². The Balaban J connectivity index is 1.86. The number of aryl methyl sites for hydroxylation is 1. The summed E-state index contributed by atoms with van der Waals surface area (Å²) in [7, 11) is 0. The van der Waals surface area contributed by atoms with Crippen molar-refractivity contribution in [2.75, 3.05) is 10.6 Å². The Morgan fingerprint density at radius 3 is 2.77 bits per heavy atom. The second kappa shape index (κ2) is 5.31. The highest BCUT2D eigenvalue weighted by Crippen LogP contribution is 2.39. The molecule has 1 amide bonds. The number of nitriles is 1. The van der Waals surface area contributed by atoms with Gasteiger partial charge in [-0.3, -0.25) is 4.79 Å². The van der Waals surface area contributed by atoms with Gasteiger partial charge in [-0.2, -0.15) is 9.64 Å². The number of amides is 1. The maximum absolute atomic E-state index is 11.5. The fourth-order valence-corrected chi connectivity index (χ4v) is 2.89. The SMILES string of the molecule is Cc1cc(Nc2cc(NC3(C(N)=O)CC3)ccc2C#N)sn1. The molecule has 1 saturated carbocycles. The van der Waals surface area contributed by atoms with Gasteiger partial charge in [0.15, 0.2) is 0 Å². The second-order valence-electron chi connectivity index (χ2n) is 5.40. The third kappa shape index (κ3) is 2.73. The topological polar surface area (TPSA) is 104 Å². The molecule has 0 spiro atoms. The van der Waals surface area contributed by atoms with Crippen molar-refractivity contribution in [2.45, 2.75) is 25.3 Å². The van der Waals surface area contributed by atoms with Crippen molar-refractivity contribution in [1.82, 2.24) is 4.37 Å². The van der Waals surface area contributed by atoms with E-state index in [9.17, 15) is 10.1 Å². The first-order valence-corrected chi connectivity index (χ1v) is 7.62. The molecule has 1 fully saturated rings. The fourth-order valence-electron chi connectivity index (χ4n) is 2.21. The van der Waals surface area contributed by atoms with Gasteiger partial charge in [0.25, 0.3) is 0 Å². The number of hydrogen-bond acceptors (Lipinski definition) is 6. The van der Waals surface area contributed by atoms with Crippen LogP contribution in [0, 0.1) is 18.3 Å². The van der Waals surface area contributed by atoms with E-state index in [1.807, 2.05) is 19.1 Å². The average molecular weight is 313 g/mol. The van der Waals surface area contributed by atoms with Crippen LogP contribution in [0.25, 0.3) is 0 Å². The minimum atomic E-state index is -0.632. The molecule has 4 N–H and O–H groups in total. The number of anilines is 3. The van der Waals surface area contributed by atoms with Gasteiger partial charge >= 0.3 is 0 Å². The summed E-state index contributed by atoms with van der Waals surface area (Å²) in [5, 5.41) is 16.5. The van der Waals surface area contributed by atoms with Crippen LogP contribution in [0.4, 0.5) is 16.4 Å². The largest absolute Gasteiger partial charge is 0.371 e. The molecule has 22 heavy (non-hydrogen) atoms. The zero-order valence-corrected chi connectivity index (χ0v) is 12.8. The Labute approximate surface area is 132 Å². The summed E-state index contributed by atoms with van der Waals surface area (Å²) in [5.74, 6) is -0.343. The molecule has 112 valence electrons. The fraction of sp³-hybridized carbons (Fsp3) is 0.267. The van der Waals surface area contributed by atoms with Crippen molar-refractivity contribution in [3.8, 4) is 6.07 Å². The number of carbonyl (C=O) groups excluding carboxylic acids is 1. The number of hydrogen-bond donors (Lipinski definition) is 3. The van der Waals surface area contributed by atoms with E-state index in [4.69, 9.17) is 5.73 Å². The van der Waals surface area contributed by atoms with Crippen molar-refractivity contribution in [3.05, 3.63) is 35.5 Å². The van der Waals surface area contributed by atoms with Crippen LogP contribution in [0.2, 0.25) is 0 Å². The summed E-state index contributed by atoms with van der Waals surface area (Å²) in [6.07, 6.45) is 1.47. The van der Waals surface area contributed by atoms with Crippen LogP contribution in [-0.2, 0) is 4.79 Å². The quantitative estimate of drug-likeness (QED) is 0.786. The van der Waals surface area contributed by atoms with Crippen molar-refractivity contribution < 1.29 is 4.79 Å². The zero-order chi connectivity index (χ0) is 15.7. The van der Waals surface area contributed by atoms with Crippen molar-refractivity contribution in [2.24, 2.45) is 5.73 Å². The van der Waals surface area contributed by atoms with Gasteiger partial charge in [0.2, 0.25) is 5.91 Å². The van der Waals surface area contributed by atoms with E-state index >= 15 is 0 Å². The Morgan fingerprint density at radius 1 is 1.45 bits per heavy atom. The van der Waals surface area contributed by atoms with Gasteiger partial charge < -0.3 is 16.4 Å². The molecule has 1 aromatic heterocycles. The molecule has 2 aromatic rings. The van der Waals surface area contributed by atoms with Gasteiger partial charge in [-0.15, -0.1) is 0 Å². The molecule has 0 saturated heterocycles. The Morgan fingerprint density at radius 2 is 2.23 bits per heavy atom. The van der Waals surface area contributed by atoms with E-state index in [1.54, 1.807) is 12.1 Å². The zero-order valence-electron chi connectivity index (χ0n) is 12.0. The van der Waals surface area contributed by atoms with Gasteiger partial charge in [-0.1, -0.05) is 0 Å². The molecule has 0 bridgehead atoms. The molecule has 3 rings (SSSR count). The van der Waals surface area contributed by atoms with E-state index in [1.165, 1.54) is 11.5 Å². The summed E-state index contributed by atoms with van der Waals surface area (Å²) in [4.78, 5) is 11.5. The second-order valence-corrected chi connectivity index (χ2v) is 6.21. The van der Waals surface area contributed by atoms with Crippen molar-refractivity contribution in [3.63, 3.8) is 0 Å². The van der Waals surface area contributed by atoms with Gasteiger partial charge in [0, 0.05) is 5.69 Å². The predicted octanol–water partition coefficient (Wildman–Crippen LogP) is 2.50. The molecular formula is C15H15N5OS. The molecule has 0 radical (unpaired) electrons. The normalized spacial score (nSPS) is 14.9. The molecule has 0 aliphatic heterocycles. The average Bonchev–Trinajstić information content (AvgIpc) is 3.16. The Kier molecular flexibility index (Phi) is 3.47. The summed E-state index contributed by atoms with van der Waals surface area (Å²) in [6, 6.07) is 9.38. The summed E-state index contributed by atoms with van der Waals surface area (Å²) >= 11 is 1.33. The highest BCUT2D eigenvalue weighted by molar-refractivity contribution is 7.10. The highest BCUT2D eigenvalue weighted by Gasteiger charge is 2.48. The van der Waals surface area contributed by atoms with Crippen molar-refractivity contribution in [1.29, 1.82) is 5.26 Å². The third-order valence-corrected chi connectivity index (χ3v) is 4.43. The molecular weight excluding hydrogens is 298 g/mol. The minimum Gasteiger partial charge on any atom is -0.371 e. The third-order valence-electron chi connectivity index (χ3n) is 3.63. The molecule has 1 aliphatic rings. The number of rotatable bonds is 5. The number of carbonyl (C=O) groups is 1. The van der Waals surface area contributed by atoms with E-state index in [0.717, 1.165) is 29.2 Å². The minimum absolute atomic E-state index is 0.343. The van der Waals surface area contributed by atoms with Crippen LogP contribution in [0.5, 0.6) is 0 Å².